The molecule has 0 spiro atoms. The molecule has 0 saturated heterocycles. The van der Waals surface area contributed by atoms with Gasteiger partial charge in [0.2, 0.25) is 0 Å². The van der Waals surface area contributed by atoms with Crippen LogP contribution in [0.2, 0.25) is 0 Å². The Morgan fingerprint density at radius 2 is 2.13 bits per heavy atom. The fraction of sp³-hybridized carbons (Fsp3) is 0.125. The third-order valence-corrected chi connectivity index (χ3v) is 4.57. The lowest BCUT2D eigenvalue weighted by Gasteiger charge is -2.16. The number of allylic oxidation sites excluding steroid dienone is 1. The summed E-state index contributed by atoms with van der Waals surface area (Å²) in [6, 6.07) is 7.11. The fourth-order valence-corrected chi connectivity index (χ4v) is 3.52. The Labute approximate surface area is 143 Å². The Hall–Kier alpha value is -2.13. The first-order valence-corrected chi connectivity index (χ1v) is 9.19. The molecule has 1 aliphatic rings. The maximum absolute atomic E-state index is 12.2. The minimum absolute atomic E-state index is 0.269. The Morgan fingerprint density at radius 1 is 1.30 bits per heavy atom. The van der Waals surface area contributed by atoms with E-state index in [4.69, 9.17) is 0 Å². The first-order chi connectivity index (χ1) is 11.1. The number of benzene rings is 1. The minimum atomic E-state index is -0.730. The molecule has 0 saturated carbocycles. The number of rotatable bonds is 3. The predicted molar refractivity (Wildman–Crippen MR) is 98.2 cm³/mol. The summed E-state index contributed by atoms with van der Waals surface area (Å²) in [5, 5.41) is 16.4. The number of urea groups is 1. The molecule has 3 rings (SSSR count). The minimum Gasteiger partial charge on any atom is -0.389 e. The second kappa shape index (κ2) is 6.97. The molecule has 6 nitrogen and oxygen atoms in total. The number of aromatic nitrogens is 1. The van der Waals surface area contributed by atoms with E-state index in [0.29, 0.717) is 16.9 Å². The van der Waals surface area contributed by atoms with Crippen LogP contribution < -0.4 is 10.6 Å². The number of hydrogen-bond acceptors (Lipinski definition) is 4. The van der Waals surface area contributed by atoms with Gasteiger partial charge >= 0.3 is 6.03 Å². The largest absolute Gasteiger partial charge is 0.389 e. The highest BCUT2D eigenvalue weighted by atomic mass is 127. The molecular weight excluding hydrogens is 407 g/mol. The van der Waals surface area contributed by atoms with Gasteiger partial charge in [-0.1, -0.05) is 18.2 Å². The predicted octanol–water partition coefficient (Wildman–Crippen LogP) is 3.93. The Balaban J connectivity index is 1.89. The summed E-state index contributed by atoms with van der Waals surface area (Å²) >= 11 is -0.269. The van der Waals surface area contributed by atoms with Crippen LogP contribution in [0.5, 0.6) is 0 Å². The average Bonchev–Trinajstić information content (AvgIpc) is 2.55. The van der Waals surface area contributed by atoms with E-state index < -0.39 is 12.1 Å². The van der Waals surface area contributed by atoms with Gasteiger partial charge in [-0.15, -0.1) is 0 Å². The molecule has 2 heterocycles. The zero-order chi connectivity index (χ0) is 16.2. The third-order valence-electron chi connectivity index (χ3n) is 3.28. The van der Waals surface area contributed by atoms with Gasteiger partial charge in [-0.05, 0) is 23.1 Å². The highest BCUT2D eigenvalue weighted by molar-refractivity contribution is 14.2. The van der Waals surface area contributed by atoms with Crippen molar-refractivity contribution < 1.29 is 9.90 Å². The number of carbonyl (C=O) groups is 1. The molecule has 0 bridgehead atoms. The van der Waals surface area contributed by atoms with E-state index >= 15 is 0 Å². The van der Waals surface area contributed by atoms with Crippen molar-refractivity contribution in [3.05, 3.63) is 58.1 Å². The molecule has 1 aromatic carbocycles. The number of hydrogen-bond donors (Lipinski definition) is 3. The molecule has 1 aromatic heterocycles. The molecule has 7 heteroatoms. The van der Waals surface area contributed by atoms with Crippen LogP contribution in [0.15, 0.2) is 55.7 Å². The highest BCUT2D eigenvalue weighted by Crippen LogP contribution is 2.29. The van der Waals surface area contributed by atoms with Crippen LogP contribution in [0.25, 0.3) is 10.9 Å². The normalized spacial score (nSPS) is 14.8. The SMILES string of the molecule is CC(O)c1c(NC(=O)NC2=CN=IC=C2)cnc2ccccc12. The van der Waals surface area contributed by atoms with Crippen LogP contribution in [-0.2, 0) is 0 Å². The topological polar surface area (TPSA) is 86.6 Å². The van der Waals surface area contributed by atoms with E-state index in [1.54, 1.807) is 19.3 Å². The monoisotopic (exact) mass is 422 g/mol. The van der Waals surface area contributed by atoms with Crippen molar-refractivity contribution in [1.82, 2.24) is 10.3 Å². The number of para-hydroxylation sites is 1. The zero-order valence-corrected chi connectivity index (χ0v) is 14.5. The summed E-state index contributed by atoms with van der Waals surface area (Å²) in [4.78, 5) is 16.5. The Kier molecular flexibility index (Phi) is 4.77. The lowest BCUT2D eigenvalue weighted by Crippen LogP contribution is -2.28. The van der Waals surface area contributed by atoms with Gasteiger partial charge in [0.25, 0.3) is 0 Å². The number of amides is 2. The number of halogens is 1. The average molecular weight is 422 g/mol. The summed E-state index contributed by atoms with van der Waals surface area (Å²) in [6.07, 6.45) is 4.33. The van der Waals surface area contributed by atoms with Crippen LogP contribution in [0.1, 0.15) is 18.6 Å². The van der Waals surface area contributed by atoms with Gasteiger partial charge in [0, 0.05) is 32.0 Å². The van der Waals surface area contributed by atoms with Crippen molar-refractivity contribution in [2.24, 2.45) is 3.15 Å². The first kappa shape index (κ1) is 15.8. The molecule has 3 N–H and O–H groups in total. The smallest absolute Gasteiger partial charge is 0.323 e. The van der Waals surface area contributed by atoms with Crippen molar-refractivity contribution in [2.45, 2.75) is 13.0 Å². The van der Waals surface area contributed by atoms with Crippen LogP contribution in [-0.4, -0.2) is 16.1 Å². The number of carbonyl (C=O) groups excluding carboxylic acids is 1. The van der Waals surface area contributed by atoms with Crippen molar-refractivity contribution >= 4 is 43.7 Å². The van der Waals surface area contributed by atoms with E-state index in [1.165, 1.54) is 0 Å². The Morgan fingerprint density at radius 3 is 2.87 bits per heavy atom. The van der Waals surface area contributed by atoms with E-state index in [2.05, 4.69) is 18.8 Å². The van der Waals surface area contributed by atoms with Gasteiger partial charge in [-0.3, -0.25) is 4.98 Å². The standard InChI is InChI=1S/C16H15IN4O2/c1-10(22)15-12-4-2-3-5-13(12)18-9-14(15)21-16(23)20-11-6-7-17-19-8-11/h2-10,22H,1H3,(H2,20,21,23). The van der Waals surface area contributed by atoms with Crippen LogP contribution in [0.3, 0.4) is 0 Å². The third kappa shape index (κ3) is 3.62. The quantitative estimate of drug-likeness (QED) is 0.656. The maximum Gasteiger partial charge on any atom is 0.323 e. The van der Waals surface area contributed by atoms with E-state index in [-0.39, 0.29) is 21.0 Å². The molecule has 0 aliphatic carbocycles. The van der Waals surface area contributed by atoms with Crippen LogP contribution in [0.4, 0.5) is 10.5 Å². The number of aliphatic hydroxyl groups excluding tert-OH is 1. The van der Waals surface area contributed by atoms with Crippen molar-refractivity contribution in [1.29, 1.82) is 0 Å². The van der Waals surface area contributed by atoms with Crippen LogP contribution in [0, 0.1) is 0 Å². The number of aliphatic hydroxyl groups is 1. The van der Waals surface area contributed by atoms with Crippen molar-refractivity contribution in [3.63, 3.8) is 0 Å². The van der Waals surface area contributed by atoms with Gasteiger partial charge in [0.05, 0.1) is 35.4 Å². The number of anilines is 1. The fourth-order valence-electron chi connectivity index (χ4n) is 2.32. The number of nitrogens with one attached hydrogen (secondary N) is 2. The van der Waals surface area contributed by atoms with Gasteiger partial charge in [-0.2, -0.15) is 0 Å². The summed E-state index contributed by atoms with van der Waals surface area (Å²) in [7, 11) is 0. The number of nitrogens with zero attached hydrogens (tertiary/aromatic N) is 2. The summed E-state index contributed by atoms with van der Waals surface area (Å²) < 4.78 is 6.14. The molecule has 2 aromatic rings. The molecular formula is C16H15IN4O2. The molecule has 118 valence electrons. The molecule has 1 aliphatic heterocycles. The molecule has 1 unspecified atom stereocenters. The number of pyridine rings is 1. The van der Waals surface area contributed by atoms with E-state index in [0.717, 1.165) is 10.9 Å². The lowest BCUT2D eigenvalue weighted by molar-refractivity contribution is 0.201. The molecule has 2 amide bonds. The zero-order valence-electron chi connectivity index (χ0n) is 12.3. The van der Waals surface area contributed by atoms with E-state index in [9.17, 15) is 9.90 Å². The van der Waals surface area contributed by atoms with Crippen molar-refractivity contribution in [3.8, 4) is 0 Å². The highest BCUT2D eigenvalue weighted by Gasteiger charge is 2.15. The van der Waals surface area contributed by atoms with Gasteiger partial charge < -0.3 is 15.7 Å². The second-order valence-electron chi connectivity index (χ2n) is 4.93. The van der Waals surface area contributed by atoms with Crippen LogP contribution >= 0.6 is 21.0 Å². The molecule has 1 atom stereocenters. The number of fused-ring (bicyclic) bond motifs is 1. The molecule has 23 heavy (non-hydrogen) atoms. The molecule has 0 radical (unpaired) electrons. The van der Waals surface area contributed by atoms with E-state index in [1.807, 2.05) is 34.4 Å². The second-order valence-corrected chi connectivity index (χ2v) is 6.76. The van der Waals surface area contributed by atoms with Crippen molar-refractivity contribution in [2.75, 3.05) is 5.32 Å². The summed E-state index contributed by atoms with van der Waals surface area (Å²) in [5.74, 6) is 0. The molecule has 0 fully saturated rings. The lowest BCUT2D eigenvalue weighted by atomic mass is 10.0. The summed E-state index contributed by atoms with van der Waals surface area (Å²) in [6.45, 7) is 1.67. The Bertz CT molecular complexity index is 843. The first-order valence-electron chi connectivity index (χ1n) is 6.98. The van der Waals surface area contributed by atoms with Gasteiger partial charge in [-0.25, -0.2) is 7.94 Å². The summed E-state index contributed by atoms with van der Waals surface area (Å²) in [5.41, 5.74) is 2.55. The van der Waals surface area contributed by atoms with Gasteiger partial charge in [0.15, 0.2) is 0 Å². The maximum atomic E-state index is 12.2. The van der Waals surface area contributed by atoms with Gasteiger partial charge in [0.1, 0.15) is 0 Å².